The Bertz CT molecular complexity index is 162. The molecule has 1 heterocycles. The van der Waals surface area contributed by atoms with Gasteiger partial charge in [-0.25, -0.2) is 0 Å². The summed E-state index contributed by atoms with van der Waals surface area (Å²) in [6.45, 7) is 5.43. The zero-order valence-corrected chi connectivity index (χ0v) is 10.2. The molecule has 1 aliphatic heterocycles. The maximum Gasteiger partial charge on any atom is 0.317 e. The number of rotatable bonds is 2. The molecule has 0 amide bonds. The van der Waals surface area contributed by atoms with Crippen LogP contribution in [-0.4, -0.2) is 61.8 Å². The third-order valence-electron chi connectivity index (χ3n) is 2.05. The molecule has 92 valence electrons. The molecule has 1 fully saturated rings. The highest BCUT2D eigenvalue weighted by molar-refractivity contribution is 5.85. The molecule has 1 aliphatic rings. The summed E-state index contributed by atoms with van der Waals surface area (Å²) in [4.78, 5) is 12.4. The zero-order valence-electron chi connectivity index (χ0n) is 8.57. The van der Waals surface area contributed by atoms with E-state index in [9.17, 15) is 4.79 Å². The quantitative estimate of drug-likeness (QED) is 0.619. The van der Waals surface area contributed by atoms with Gasteiger partial charge in [0, 0.05) is 39.3 Å². The molecule has 0 bridgehead atoms. The van der Waals surface area contributed by atoms with E-state index in [-0.39, 0.29) is 31.4 Å². The van der Waals surface area contributed by atoms with Crippen LogP contribution in [0.3, 0.4) is 0 Å². The van der Waals surface area contributed by atoms with Crippen LogP contribution in [0.5, 0.6) is 0 Å². The van der Waals surface area contributed by atoms with Crippen LogP contribution in [0.1, 0.15) is 0 Å². The van der Waals surface area contributed by atoms with Crippen molar-refractivity contribution in [3.05, 3.63) is 0 Å². The van der Waals surface area contributed by atoms with Crippen LogP contribution in [0, 0.1) is 0 Å². The van der Waals surface area contributed by atoms with E-state index < -0.39 is 5.97 Å². The minimum Gasteiger partial charge on any atom is -0.480 e. The van der Waals surface area contributed by atoms with Gasteiger partial charge >= 0.3 is 5.97 Å². The summed E-state index contributed by atoms with van der Waals surface area (Å²) in [5.41, 5.74) is 0. The van der Waals surface area contributed by atoms with E-state index in [2.05, 4.69) is 10.6 Å². The lowest BCUT2D eigenvalue weighted by atomic mass is 10.4. The fourth-order valence-corrected chi connectivity index (χ4v) is 1.36. The Hall–Kier alpha value is -0.0700. The summed E-state index contributed by atoms with van der Waals surface area (Å²) in [5.74, 6) is -0.751. The van der Waals surface area contributed by atoms with E-state index in [1.165, 1.54) is 0 Å². The molecule has 0 atom stereocenters. The number of nitrogens with zero attached hydrogens (tertiary/aromatic N) is 1. The molecular weight excluding hydrogens is 241 g/mol. The Balaban J connectivity index is 0. The molecule has 0 aromatic rings. The lowest BCUT2D eigenvalue weighted by Gasteiger charge is -2.18. The summed E-state index contributed by atoms with van der Waals surface area (Å²) >= 11 is 0. The Morgan fingerprint density at radius 2 is 1.53 bits per heavy atom. The van der Waals surface area contributed by atoms with Crippen LogP contribution in [0.2, 0.25) is 0 Å². The molecule has 7 heteroatoms. The van der Waals surface area contributed by atoms with Crippen LogP contribution in [0.25, 0.3) is 0 Å². The second kappa shape index (κ2) is 10.4. The molecule has 0 saturated carbocycles. The first-order chi connectivity index (χ1) is 6.29. The number of halogens is 2. The Kier molecular flexibility index (Phi) is 12.1. The van der Waals surface area contributed by atoms with Gasteiger partial charge in [-0.05, 0) is 0 Å². The first kappa shape index (κ1) is 17.3. The number of hydrogen-bond acceptors (Lipinski definition) is 4. The summed E-state index contributed by atoms with van der Waals surface area (Å²) in [6, 6.07) is 0. The van der Waals surface area contributed by atoms with Crippen molar-refractivity contribution in [3.8, 4) is 0 Å². The Morgan fingerprint density at radius 1 is 1.07 bits per heavy atom. The fraction of sp³-hybridized carbons (Fsp3) is 0.875. The minimum atomic E-state index is -0.751. The molecule has 0 aromatic carbocycles. The van der Waals surface area contributed by atoms with Crippen molar-refractivity contribution < 1.29 is 9.90 Å². The molecule has 0 unspecified atom stereocenters. The highest BCUT2D eigenvalue weighted by atomic mass is 35.5. The predicted octanol–water partition coefficient (Wildman–Crippen LogP) is -0.591. The van der Waals surface area contributed by atoms with Crippen molar-refractivity contribution >= 4 is 30.8 Å². The highest BCUT2D eigenvalue weighted by Gasteiger charge is 2.09. The molecule has 1 saturated heterocycles. The molecule has 0 spiro atoms. The normalized spacial score (nSPS) is 18.7. The first-order valence-electron chi connectivity index (χ1n) is 4.64. The summed E-state index contributed by atoms with van der Waals surface area (Å²) in [6.07, 6.45) is 0. The molecule has 0 aromatic heterocycles. The molecular formula is C8H19Cl2N3O2. The van der Waals surface area contributed by atoms with Gasteiger partial charge in [-0.15, -0.1) is 24.8 Å². The van der Waals surface area contributed by atoms with Gasteiger partial charge in [0.1, 0.15) is 0 Å². The third-order valence-corrected chi connectivity index (χ3v) is 2.05. The van der Waals surface area contributed by atoms with Crippen LogP contribution >= 0.6 is 24.8 Å². The zero-order chi connectivity index (χ0) is 9.52. The number of carboxylic acids is 1. The van der Waals surface area contributed by atoms with Gasteiger partial charge in [-0.3, -0.25) is 9.69 Å². The van der Waals surface area contributed by atoms with E-state index in [0.717, 1.165) is 39.3 Å². The summed E-state index contributed by atoms with van der Waals surface area (Å²) < 4.78 is 0. The standard InChI is InChI=1S/C8H17N3O2.2ClH/c12-8(13)7-11-5-3-9-1-2-10-4-6-11;;/h9-10H,1-7H2,(H,12,13);2*1H. The van der Waals surface area contributed by atoms with Crippen molar-refractivity contribution in [1.29, 1.82) is 0 Å². The molecule has 5 nitrogen and oxygen atoms in total. The monoisotopic (exact) mass is 259 g/mol. The number of aliphatic carboxylic acids is 1. The number of hydrogen-bond donors (Lipinski definition) is 3. The van der Waals surface area contributed by atoms with Gasteiger partial charge in [-0.1, -0.05) is 0 Å². The smallest absolute Gasteiger partial charge is 0.317 e. The lowest BCUT2D eigenvalue weighted by molar-refractivity contribution is -0.138. The Labute approximate surface area is 102 Å². The van der Waals surface area contributed by atoms with Crippen molar-refractivity contribution in [2.24, 2.45) is 0 Å². The van der Waals surface area contributed by atoms with E-state index in [1.54, 1.807) is 0 Å². The van der Waals surface area contributed by atoms with E-state index in [0.29, 0.717) is 0 Å². The van der Waals surface area contributed by atoms with Crippen LogP contribution in [0.4, 0.5) is 0 Å². The van der Waals surface area contributed by atoms with Crippen molar-refractivity contribution in [2.45, 2.75) is 0 Å². The summed E-state index contributed by atoms with van der Waals surface area (Å²) in [7, 11) is 0. The second-order valence-corrected chi connectivity index (χ2v) is 3.17. The second-order valence-electron chi connectivity index (χ2n) is 3.17. The Morgan fingerprint density at radius 3 is 1.93 bits per heavy atom. The highest BCUT2D eigenvalue weighted by Crippen LogP contribution is 1.87. The van der Waals surface area contributed by atoms with E-state index >= 15 is 0 Å². The van der Waals surface area contributed by atoms with Crippen LogP contribution in [0.15, 0.2) is 0 Å². The SMILES string of the molecule is Cl.Cl.O=C(O)CN1CCNCCNCC1. The van der Waals surface area contributed by atoms with Gasteiger partial charge < -0.3 is 15.7 Å². The van der Waals surface area contributed by atoms with Crippen LogP contribution < -0.4 is 10.6 Å². The van der Waals surface area contributed by atoms with E-state index in [4.69, 9.17) is 5.11 Å². The maximum atomic E-state index is 10.5. The van der Waals surface area contributed by atoms with Crippen molar-refractivity contribution in [2.75, 3.05) is 45.8 Å². The van der Waals surface area contributed by atoms with Gasteiger partial charge in [0.05, 0.1) is 6.54 Å². The maximum absolute atomic E-state index is 10.5. The van der Waals surface area contributed by atoms with E-state index in [1.807, 2.05) is 4.90 Å². The molecule has 3 N–H and O–H groups in total. The molecule has 0 aliphatic carbocycles. The van der Waals surface area contributed by atoms with Crippen molar-refractivity contribution in [3.63, 3.8) is 0 Å². The molecule has 1 rings (SSSR count). The average Bonchev–Trinajstić information content (AvgIpc) is 2.17. The molecule has 0 radical (unpaired) electrons. The number of carbonyl (C=O) groups is 1. The fourth-order valence-electron chi connectivity index (χ4n) is 1.36. The van der Waals surface area contributed by atoms with Gasteiger partial charge in [-0.2, -0.15) is 0 Å². The number of carboxylic acid groups (broad SMARTS) is 1. The van der Waals surface area contributed by atoms with Gasteiger partial charge in [0.2, 0.25) is 0 Å². The van der Waals surface area contributed by atoms with Crippen molar-refractivity contribution in [1.82, 2.24) is 15.5 Å². The minimum absolute atomic E-state index is 0. The topological polar surface area (TPSA) is 64.6 Å². The van der Waals surface area contributed by atoms with Gasteiger partial charge in [0.25, 0.3) is 0 Å². The summed E-state index contributed by atoms with van der Waals surface area (Å²) in [5, 5.41) is 15.1. The number of nitrogens with one attached hydrogen (secondary N) is 2. The lowest BCUT2D eigenvalue weighted by Crippen LogP contribution is -2.37. The molecule has 15 heavy (non-hydrogen) atoms. The largest absolute Gasteiger partial charge is 0.480 e. The average molecular weight is 260 g/mol. The third kappa shape index (κ3) is 8.89. The van der Waals surface area contributed by atoms with Gasteiger partial charge in [0.15, 0.2) is 0 Å². The van der Waals surface area contributed by atoms with Crippen LogP contribution in [-0.2, 0) is 4.79 Å². The predicted molar refractivity (Wildman–Crippen MR) is 64.3 cm³/mol. The first-order valence-corrected chi connectivity index (χ1v) is 4.64.